The normalized spacial score (nSPS) is 14.2. The molecule has 0 unspecified atom stereocenters. The third-order valence-electron chi connectivity index (χ3n) is 2.20. The Morgan fingerprint density at radius 3 is 2.90 bits per heavy atom. The Balaban J connectivity index is 2.32. The molecule has 0 saturated heterocycles. The molecule has 106 valence electrons. The van der Waals surface area contributed by atoms with Gasteiger partial charge in [-0.25, -0.2) is 9.98 Å². The molecule has 2 aromatic rings. The van der Waals surface area contributed by atoms with Crippen molar-refractivity contribution in [3.8, 4) is 0 Å². The average molecular weight is 321 g/mol. The molecule has 0 aliphatic rings. The predicted octanol–water partition coefficient (Wildman–Crippen LogP) is 3.61. The highest BCUT2D eigenvalue weighted by molar-refractivity contribution is 7.17. The smallest absolute Gasteiger partial charge is 0.296 e. The van der Waals surface area contributed by atoms with E-state index in [1.165, 1.54) is 29.1 Å². The second-order valence-electron chi connectivity index (χ2n) is 3.58. The Kier molecular flexibility index (Phi) is 4.24. The summed E-state index contributed by atoms with van der Waals surface area (Å²) >= 11 is 6.34. The molecule has 0 bridgehead atoms. The number of hydrogen-bond acceptors (Lipinski definition) is 4. The third-order valence-corrected chi connectivity index (χ3v) is 3.46. The number of thiazole rings is 1. The Hall–Kier alpha value is -1.67. The van der Waals surface area contributed by atoms with Crippen molar-refractivity contribution in [3.05, 3.63) is 34.2 Å². The van der Waals surface area contributed by atoms with E-state index in [4.69, 9.17) is 11.6 Å². The van der Waals surface area contributed by atoms with Crippen molar-refractivity contribution >= 4 is 40.3 Å². The second kappa shape index (κ2) is 5.76. The fraction of sp³-hybridized carbons (Fsp3) is 0.182. The van der Waals surface area contributed by atoms with E-state index in [1.54, 1.807) is 7.05 Å². The lowest BCUT2D eigenvalue weighted by Gasteiger charge is -1.99. The Morgan fingerprint density at radius 2 is 2.25 bits per heavy atom. The average Bonchev–Trinajstić information content (AvgIpc) is 2.93. The third kappa shape index (κ3) is 3.26. The number of nitrogens with zero attached hydrogens (tertiary/aromatic N) is 4. The first kappa shape index (κ1) is 14.7. The quantitative estimate of drug-likeness (QED) is 0.629. The highest BCUT2D eigenvalue weighted by Gasteiger charge is 2.33. The molecule has 0 radical (unpaired) electrons. The van der Waals surface area contributed by atoms with Crippen LogP contribution in [-0.4, -0.2) is 28.9 Å². The molecule has 20 heavy (non-hydrogen) atoms. The molecule has 0 aliphatic carbocycles. The molecule has 0 spiro atoms. The number of allylic oxidation sites excluding steroid dienone is 1. The fourth-order valence-corrected chi connectivity index (χ4v) is 2.27. The molecular formula is C11H8ClF3N4S. The van der Waals surface area contributed by atoms with Gasteiger partial charge in [0.25, 0.3) is 0 Å². The molecule has 9 heteroatoms. The van der Waals surface area contributed by atoms with Gasteiger partial charge in [0.1, 0.15) is 10.0 Å². The highest BCUT2D eigenvalue weighted by atomic mass is 35.5. The summed E-state index contributed by atoms with van der Waals surface area (Å²) in [4.78, 5) is 11.0. The van der Waals surface area contributed by atoms with Gasteiger partial charge < -0.3 is 0 Å². The SMILES string of the molecule is C\N=C/C=C(Cl)\N=C\c1cnc2sc(C(F)(F)F)cn12. The minimum atomic E-state index is -4.38. The predicted molar refractivity (Wildman–Crippen MR) is 74.0 cm³/mol. The van der Waals surface area contributed by atoms with Gasteiger partial charge in [0.2, 0.25) is 0 Å². The Morgan fingerprint density at radius 1 is 1.50 bits per heavy atom. The first-order chi connectivity index (χ1) is 9.41. The van der Waals surface area contributed by atoms with Gasteiger partial charge in [0, 0.05) is 19.5 Å². The van der Waals surface area contributed by atoms with Gasteiger partial charge in [-0.1, -0.05) is 22.9 Å². The van der Waals surface area contributed by atoms with Gasteiger partial charge in [0.15, 0.2) is 4.96 Å². The van der Waals surface area contributed by atoms with Crippen molar-refractivity contribution in [1.29, 1.82) is 0 Å². The summed E-state index contributed by atoms with van der Waals surface area (Å²) in [6.45, 7) is 0. The van der Waals surface area contributed by atoms with Crippen molar-refractivity contribution in [2.45, 2.75) is 6.18 Å². The molecule has 0 amide bonds. The summed E-state index contributed by atoms with van der Waals surface area (Å²) < 4.78 is 39.1. The monoisotopic (exact) mass is 320 g/mol. The minimum absolute atomic E-state index is 0.164. The van der Waals surface area contributed by atoms with Crippen LogP contribution in [0.2, 0.25) is 0 Å². The molecule has 4 nitrogen and oxygen atoms in total. The summed E-state index contributed by atoms with van der Waals surface area (Å²) in [5, 5.41) is 0.164. The van der Waals surface area contributed by atoms with Crippen LogP contribution < -0.4 is 0 Å². The summed E-state index contributed by atoms with van der Waals surface area (Å²) in [5.74, 6) is 0. The van der Waals surface area contributed by atoms with E-state index in [0.717, 1.165) is 6.20 Å². The summed E-state index contributed by atoms with van der Waals surface area (Å²) in [5.41, 5.74) is 0.409. The maximum Gasteiger partial charge on any atom is 0.427 e. The van der Waals surface area contributed by atoms with Gasteiger partial charge in [0.05, 0.1) is 18.1 Å². The van der Waals surface area contributed by atoms with E-state index in [0.29, 0.717) is 17.0 Å². The Bertz CT molecular complexity index is 696. The van der Waals surface area contributed by atoms with Crippen molar-refractivity contribution in [2.75, 3.05) is 7.05 Å². The highest BCUT2D eigenvalue weighted by Crippen LogP contribution is 2.34. The van der Waals surface area contributed by atoms with E-state index in [2.05, 4.69) is 15.0 Å². The van der Waals surface area contributed by atoms with Gasteiger partial charge >= 0.3 is 6.18 Å². The molecular weight excluding hydrogens is 313 g/mol. The van der Waals surface area contributed by atoms with E-state index < -0.39 is 11.1 Å². The van der Waals surface area contributed by atoms with Crippen LogP contribution in [0.1, 0.15) is 10.6 Å². The number of hydrogen-bond donors (Lipinski definition) is 0. The van der Waals surface area contributed by atoms with E-state index in [1.807, 2.05) is 0 Å². The fourth-order valence-electron chi connectivity index (χ4n) is 1.34. The van der Waals surface area contributed by atoms with Gasteiger partial charge in [-0.2, -0.15) is 13.2 Å². The maximum absolute atomic E-state index is 12.6. The number of imidazole rings is 1. The zero-order valence-corrected chi connectivity index (χ0v) is 11.7. The van der Waals surface area contributed by atoms with Crippen LogP contribution in [0.15, 0.2) is 33.6 Å². The number of rotatable bonds is 3. The standard InChI is InChI=1S/C11H8ClF3N4S/c1-16-3-2-9(12)17-4-7-5-18-10-19(7)6-8(20-10)11(13,14)15/h2-6H,1H3/b9-2-,16-3-,17-4+. The van der Waals surface area contributed by atoms with E-state index >= 15 is 0 Å². The zero-order valence-electron chi connectivity index (χ0n) is 10.1. The van der Waals surface area contributed by atoms with Gasteiger partial charge in [-0.05, 0) is 6.08 Å². The molecule has 0 aliphatic heterocycles. The van der Waals surface area contributed by atoms with Crippen molar-refractivity contribution in [3.63, 3.8) is 0 Å². The number of aromatic nitrogens is 2. The topological polar surface area (TPSA) is 42.0 Å². The van der Waals surface area contributed by atoms with E-state index in [-0.39, 0.29) is 10.1 Å². The zero-order chi connectivity index (χ0) is 14.8. The van der Waals surface area contributed by atoms with Crippen LogP contribution in [-0.2, 0) is 6.18 Å². The summed E-state index contributed by atoms with van der Waals surface area (Å²) in [6, 6.07) is 0. The molecule has 0 saturated carbocycles. The van der Waals surface area contributed by atoms with Crippen LogP contribution >= 0.6 is 22.9 Å². The van der Waals surface area contributed by atoms with Crippen LogP contribution in [0.25, 0.3) is 4.96 Å². The van der Waals surface area contributed by atoms with Crippen LogP contribution in [0.5, 0.6) is 0 Å². The molecule has 0 fully saturated rings. The van der Waals surface area contributed by atoms with Gasteiger partial charge in [-0.15, -0.1) is 0 Å². The second-order valence-corrected chi connectivity index (χ2v) is 4.98. The van der Waals surface area contributed by atoms with Crippen molar-refractivity contribution < 1.29 is 13.2 Å². The molecule has 0 atom stereocenters. The maximum atomic E-state index is 12.6. The van der Waals surface area contributed by atoms with Crippen LogP contribution in [0.4, 0.5) is 13.2 Å². The molecule has 2 heterocycles. The number of halogens is 4. The van der Waals surface area contributed by atoms with Crippen LogP contribution in [0, 0.1) is 0 Å². The molecule has 2 rings (SSSR count). The number of aliphatic imine (C=N–C) groups is 2. The molecule has 0 N–H and O–H groups in total. The summed E-state index contributed by atoms with van der Waals surface area (Å²) in [7, 11) is 1.58. The number of fused-ring (bicyclic) bond motifs is 1. The lowest BCUT2D eigenvalue weighted by Crippen LogP contribution is -2.01. The van der Waals surface area contributed by atoms with Crippen molar-refractivity contribution in [2.24, 2.45) is 9.98 Å². The summed E-state index contributed by atoms with van der Waals surface area (Å²) in [6.07, 6.45) is 2.29. The lowest BCUT2D eigenvalue weighted by molar-refractivity contribution is -0.134. The largest absolute Gasteiger partial charge is 0.427 e. The van der Waals surface area contributed by atoms with Crippen molar-refractivity contribution in [1.82, 2.24) is 9.38 Å². The molecule has 0 aromatic carbocycles. The first-order valence-corrected chi connectivity index (χ1v) is 6.47. The van der Waals surface area contributed by atoms with Gasteiger partial charge in [-0.3, -0.25) is 9.39 Å². The lowest BCUT2D eigenvalue weighted by atomic mass is 10.5. The Labute approximate surface area is 121 Å². The molecule has 2 aromatic heterocycles. The van der Waals surface area contributed by atoms with E-state index in [9.17, 15) is 13.2 Å². The minimum Gasteiger partial charge on any atom is -0.296 e. The first-order valence-electron chi connectivity index (χ1n) is 5.28. The number of alkyl halides is 3. The van der Waals surface area contributed by atoms with Crippen LogP contribution in [0.3, 0.4) is 0 Å².